The number of hydrogen-bond acceptors (Lipinski definition) is 7. The van der Waals surface area contributed by atoms with Crippen LogP contribution in [0.5, 0.6) is 0 Å². The van der Waals surface area contributed by atoms with Crippen molar-refractivity contribution in [1.29, 1.82) is 0 Å². The number of rotatable bonds is 5. The van der Waals surface area contributed by atoms with Crippen LogP contribution in [0.3, 0.4) is 0 Å². The smallest absolute Gasteiger partial charge is 0.341 e. The first-order chi connectivity index (χ1) is 10.8. The SMILES string of the molecule is C=CCOC(=O)[C@]1(O)C[C@H](n2cc(C)c(=O)[nH]c2=O)O[C@@H]1CO. The van der Waals surface area contributed by atoms with Gasteiger partial charge in [-0.05, 0) is 6.92 Å². The normalized spacial score (nSPS) is 26.9. The van der Waals surface area contributed by atoms with Gasteiger partial charge in [-0.3, -0.25) is 14.3 Å². The average molecular weight is 326 g/mol. The first-order valence-electron chi connectivity index (χ1n) is 6.92. The highest BCUT2D eigenvalue weighted by molar-refractivity contribution is 5.80. The number of carbonyl (C=O) groups is 1. The Hall–Kier alpha value is -2.23. The molecule has 0 saturated carbocycles. The van der Waals surface area contributed by atoms with Crippen molar-refractivity contribution < 1.29 is 24.5 Å². The third-order valence-electron chi connectivity index (χ3n) is 3.65. The minimum absolute atomic E-state index is 0.109. The Morgan fingerprint density at radius 1 is 1.65 bits per heavy atom. The molecule has 2 heterocycles. The second-order valence-electron chi connectivity index (χ2n) is 5.26. The standard InChI is InChI=1S/C14H18N2O7/c1-3-4-22-12(19)14(21)5-10(23-9(14)7-17)16-6-8(2)11(18)15-13(16)20/h3,6,9-10,17,21H,1,4-5,7H2,2H3,(H,15,18,20)/t9-,10-,14+/m1/s1. The van der Waals surface area contributed by atoms with E-state index < -0.39 is 41.8 Å². The quantitative estimate of drug-likeness (QED) is 0.447. The van der Waals surface area contributed by atoms with Crippen LogP contribution in [0.25, 0.3) is 0 Å². The van der Waals surface area contributed by atoms with Gasteiger partial charge in [-0.2, -0.15) is 0 Å². The minimum atomic E-state index is -2.11. The summed E-state index contributed by atoms with van der Waals surface area (Å²) in [5, 5.41) is 19.9. The number of H-pyrrole nitrogens is 1. The molecule has 1 aromatic rings. The topological polar surface area (TPSA) is 131 Å². The monoisotopic (exact) mass is 326 g/mol. The average Bonchev–Trinajstić information content (AvgIpc) is 2.86. The van der Waals surface area contributed by atoms with E-state index in [9.17, 15) is 24.6 Å². The fourth-order valence-electron chi connectivity index (χ4n) is 2.38. The lowest BCUT2D eigenvalue weighted by Crippen LogP contribution is -2.49. The molecule has 1 saturated heterocycles. The van der Waals surface area contributed by atoms with Gasteiger partial charge in [-0.1, -0.05) is 12.7 Å². The van der Waals surface area contributed by atoms with Crippen molar-refractivity contribution in [3.63, 3.8) is 0 Å². The third-order valence-corrected chi connectivity index (χ3v) is 3.65. The molecule has 9 nitrogen and oxygen atoms in total. The summed E-state index contributed by atoms with van der Waals surface area (Å²) >= 11 is 0. The molecule has 9 heteroatoms. The van der Waals surface area contributed by atoms with Crippen molar-refractivity contribution in [2.75, 3.05) is 13.2 Å². The Labute approximate surface area is 130 Å². The van der Waals surface area contributed by atoms with Gasteiger partial charge in [0.15, 0.2) is 5.60 Å². The molecular formula is C14H18N2O7. The van der Waals surface area contributed by atoms with Crippen LogP contribution in [0.2, 0.25) is 0 Å². The molecule has 23 heavy (non-hydrogen) atoms. The van der Waals surface area contributed by atoms with E-state index >= 15 is 0 Å². The second-order valence-corrected chi connectivity index (χ2v) is 5.26. The van der Waals surface area contributed by atoms with Crippen molar-refractivity contribution >= 4 is 5.97 Å². The first kappa shape index (κ1) is 17.1. The number of aryl methyl sites for hydroxylation is 1. The summed E-state index contributed by atoms with van der Waals surface area (Å²) in [6.45, 7) is 4.14. The Balaban J connectivity index is 2.33. The minimum Gasteiger partial charge on any atom is -0.459 e. The van der Waals surface area contributed by atoms with Gasteiger partial charge in [0.1, 0.15) is 18.9 Å². The molecule has 0 radical (unpaired) electrons. The molecule has 2 rings (SSSR count). The van der Waals surface area contributed by atoms with Gasteiger partial charge < -0.3 is 19.7 Å². The van der Waals surface area contributed by atoms with Crippen LogP contribution in [0, 0.1) is 6.92 Å². The van der Waals surface area contributed by atoms with Gasteiger partial charge in [0.05, 0.1) is 6.61 Å². The van der Waals surface area contributed by atoms with Gasteiger partial charge in [-0.15, -0.1) is 0 Å². The largest absolute Gasteiger partial charge is 0.459 e. The van der Waals surface area contributed by atoms with E-state index in [-0.39, 0.29) is 18.6 Å². The molecule has 0 bridgehead atoms. The van der Waals surface area contributed by atoms with E-state index in [0.717, 1.165) is 4.57 Å². The van der Waals surface area contributed by atoms with Gasteiger partial charge in [0.25, 0.3) is 5.56 Å². The maximum Gasteiger partial charge on any atom is 0.341 e. The fourth-order valence-corrected chi connectivity index (χ4v) is 2.38. The molecule has 0 aliphatic carbocycles. The summed E-state index contributed by atoms with van der Waals surface area (Å²) in [4.78, 5) is 37.4. The summed E-state index contributed by atoms with van der Waals surface area (Å²) in [5.74, 6) is -0.979. The Morgan fingerprint density at radius 2 is 2.35 bits per heavy atom. The molecule has 3 N–H and O–H groups in total. The van der Waals surface area contributed by atoms with E-state index in [0.29, 0.717) is 0 Å². The van der Waals surface area contributed by atoms with Crippen molar-refractivity contribution in [3.05, 3.63) is 45.3 Å². The highest BCUT2D eigenvalue weighted by Crippen LogP contribution is 2.36. The van der Waals surface area contributed by atoms with E-state index in [1.165, 1.54) is 19.2 Å². The zero-order chi connectivity index (χ0) is 17.2. The van der Waals surface area contributed by atoms with Gasteiger partial charge >= 0.3 is 11.7 Å². The number of nitrogens with one attached hydrogen (secondary N) is 1. The van der Waals surface area contributed by atoms with Crippen molar-refractivity contribution in [3.8, 4) is 0 Å². The lowest BCUT2D eigenvalue weighted by atomic mass is 9.95. The van der Waals surface area contributed by atoms with Crippen LogP contribution in [0.15, 0.2) is 28.4 Å². The summed E-state index contributed by atoms with van der Waals surface area (Å²) in [5.41, 5.74) is -3.13. The molecule has 1 aliphatic heterocycles. The number of hydrogen-bond donors (Lipinski definition) is 3. The fraction of sp³-hybridized carbons (Fsp3) is 0.500. The van der Waals surface area contributed by atoms with E-state index in [2.05, 4.69) is 11.6 Å². The number of esters is 1. The molecule has 0 aromatic carbocycles. The lowest BCUT2D eigenvalue weighted by molar-refractivity contribution is -0.172. The Kier molecular flexibility index (Phi) is 4.83. The summed E-state index contributed by atoms with van der Waals surface area (Å²) < 4.78 is 11.3. The number of ether oxygens (including phenoxy) is 2. The summed E-state index contributed by atoms with van der Waals surface area (Å²) in [6, 6.07) is 0. The molecule has 126 valence electrons. The zero-order valence-corrected chi connectivity index (χ0v) is 12.5. The Morgan fingerprint density at radius 3 is 2.96 bits per heavy atom. The van der Waals surface area contributed by atoms with E-state index in [4.69, 9.17) is 9.47 Å². The van der Waals surface area contributed by atoms with Crippen molar-refractivity contribution in [2.45, 2.75) is 31.3 Å². The van der Waals surface area contributed by atoms with E-state index in [1.807, 2.05) is 0 Å². The predicted octanol–water partition coefficient (Wildman–Crippen LogP) is -1.41. The maximum absolute atomic E-state index is 12.0. The molecule has 0 spiro atoms. The van der Waals surface area contributed by atoms with Crippen molar-refractivity contribution in [2.24, 2.45) is 0 Å². The Bertz CT molecular complexity index is 723. The lowest BCUT2D eigenvalue weighted by Gasteiger charge is -2.24. The molecule has 1 aromatic heterocycles. The molecule has 0 amide bonds. The number of aromatic nitrogens is 2. The predicted molar refractivity (Wildman–Crippen MR) is 77.8 cm³/mol. The van der Waals surface area contributed by atoms with E-state index in [1.54, 1.807) is 0 Å². The molecular weight excluding hydrogens is 308 g/mol. The molecule has 0 unspecified atom stereocenters. The van der Waals surface area contributed by atoms with Gasteiger partial charge in [-0.25, -0.2) is 9.59 Å². The third kappa shape index (κ3) is 3.11. The highest BCUT2D eigenvalue weighted by Gasteiger charge is 2.54. The number of nitrogens with zero attached hydrogens (tertiary/aromatic N) is 1. The number of aromatic amines is 1. The number of aliphatic hydroxyl groups is 2. The molecule has 1 aliphatic rings. The molecule has 1 fully saturated rings. The first-order valence-corrected chi connectivity index (χ1v) is 6.92. The number of carbonyl (C=O) groups excluding carboxylic acids is 1. The van der Waals surface area contributed by atoms with Crippen LogP contribution >= 0.6 is 0 Å². The second kappa shape index (κ2) is 6.49. The van der Waals surface area contributed by atoms with Crippen LogP contribution < -0.4 is 11.2 Å². The maximum atomic E-state index is 12.0. The summed E-state index contributed by atoms with van der Waals surface area (Å²) in [6.07, 6.45) is -0.000624. The highest BCUT2D eigenvalue weighted by atomic mass is 16.6. The van der Waals surface area contributed by atoms with Crippen LogP contribution in [0.4, 0.5) is 0 Å². The van der Waals surface area contributed by atoms with Gasteiger partial charge in [0.2, 0.25) is 0 Å². The van der Waals surface area contributed by atoms with Crippen LogP contribution in [0.1, 0.15) is 18.2 Å². The summed E-state index contributed by atoms with van der Waals surface area (Å²) in [7, 11) is 0. The van der Waals surface area contributed by atoms with Gasteiger partial charge in [0, 0.05) is 18.2 Å². The zero-order valence-electron chi connectivity index (χ0n) is 12.5. The van der Waals surface area contributed by atoms with Crippen LogP contribution in [-0.4, -0.2) is 50.7 Å². The van der Waals surface area contributed by atoms with Crippen LogP contribution in [-0.2, 0) is 14.3 Å². The van der Waals surface area contributed by atoms with Crippen molar-refractivity contribution in [1.82, 2.24) is 9.55 Å². The molecule has 3 atom stereocenters. The number of aliphatic hydroxyl groups excluding tert-OH is 1.